The third-order valence-electron chi connectivity index (χ3n) is 5.12. The number of benzene rings is 1. The third kappa shape index (κ3) is 4.24. The van der Waals surface area contributed by atoms with Gasteiger partial charge >= 0.3 is 17.9 Å². The highest BCUT2D eigenvalue weighted by molar-refractivity contribution is 6.05. The molecule has 1 aliphatic carbocycles. The van der Waals surface area contributed by atoms with E-state index in [2.05, 4.69) is 9.47 Å². The molecule has 0 N–H and O–H groups in total. The van der Waals surface area contributed by atoms with E-state index in [-0.39, 0.29) is 53.5 Å². The van der Waals surface area contributed by atoms with Crippen LogP contribution in [0.3, 0.4) is 0 Å². The van der Waals surface area contributed by atoms with Gasteiger partial charge in [-0.05, 0) is 31.0 Å². The van der Waals surface area contributed by atoms with E-state index in [9.17, 15) is 24.0 Å². The lowest BCUT2D eigenvalue weighted by molar-refractivity contribution is -0.141. The van der Waals surface area contributed by atoms with Gasteiger partial charge in [0.15, 0.2) is 0 Å². The van der Waals surface area contributed by atoms with Crippen molar-refractivity contribution in [1.29, 1.82) is 0 Å². The van der Waals surface area contributed by atoms with Crippen molar-refractivity contribution >= 4 is 29.7 Å². The van der Waals surface area contributed by atoms with Gasteiger partial charge in [-0.2, -0.15) is 0 Å². The van der Waals surface area contributed by atoms with Crippen LogP contribution in [0.5, 0.6) is 5.75 Å². The van der Waals surface area contributed by atoms with Gasteiger partial charge in [-0.1, -0.05) is 12.2 Å². The molecule has 0 saturated carbocycles. The monoisotopic (exact) mass is 415 g/mol. The highest BCUT2D eigenvalue weighted by atomic mass is 16.5. The number of hydrogen-bond donors (Lipinski definition) is 0. The van der Waals surface area contributed by atoms with Crippen molar-refractivity contribution < 1.29 is 38.2 Å². The number of carbonyl (C=O) groups excluding carboxylic acids is 5. The highest BCUT2D eigenvalue weighted by Gasteiger charge is 2.46. The SMILES string of the molecule is COC(=O)c1cc(OC(=O)CCN2C(=O)[C@H]3CC=CC[C@@H]3C2=O)cc(C(=O)OC)c1. The number of allylic oxidation sites excluding steroid dienone is 2. The molecule has 2 aliphatic rings. The normalized spacial score (nSPS) is 20.0. The second kappa shape index (κ2) is 8.89. The average molecular weight is 415 g/mol. The molecule has 9 heteroatoms. The van der Waals surface area contributed by atoms with E-state index in [0.717, 1.165) is 4.90 Å². The molecule has 1 aromatic rings. The van der Waals surface area contributed by atoms with Crippen LogP contribution < -0.4 is 4.74 Å². The number of hydrogen-bond acceptors (Lipinski definition) is 8. The first kappa shape index (κ1) is 21.2. The Labute approximate surface area is 172 Å². The third-order valence-corrected chi connectivity index (χ3v) is 5.12. The van der Waals surface area contributed by atoms with E-state index in [0.29, 0.717) is 12.8 Å². The summed E-state index contributed by atoms with van der Waals surface area (Å²) in [5.74, 6) is -3.49. The molecule has 2 atom stereocenters. The van der Waals surface area contributed by atoms with Gasteiger partial charge < -0.3 is 14.2 Å². The Balaban J connectivity index is 1.67. The predicted molar refractivity (Wildman–Crippen MR) is 101 cm³/mol. The number of rotatable bonds is 6. The molecule has 1 aromatic carbocycles. The molecule has 0 aromatic heterocycles. The summed E-state index contributed by atoms with van der Waals surface area (Å²) in [4.78, 5) is 61.9. The van der Waals surface area contributed by atoms with Crippen LogP contribution in [-0.4, -0.2) is 55.4 Å². The lowest BCUT2D eigenvalue weighted by Gasteiger charge is -2.14. The Morgan fingerprint density at radius 2 is 1.40 bits per heavy atom. The fourth-order valence-corrected chi connectivity index (χ4v) is 3.60. The molecule has 0 unspecified atom stereocenters. The van der Waals surface area contributed by atoms with Crippen molar-refractivity contribution in [2.45, 2.75) is 19.3 Å². The van der Waals surface area contributed by atoms with Crippen LogP contribution in [-0.2, 0) is 23.9 Å². The number of carbonyl (C=O) groups is 5. The zero-order valence-corrected chi connectivity index (χ0v) is 16.6. The molecule has 1 saturated heterocycles. The van der Waals surface area contributed by atoms with Gasteiger partial charge in [0.1, 0.15) is 5.75 Å². The molecular weight excluding hydrogens is 394 g/mol. The Morgan fingerprint density at radius 1 is 0.900 bits per heavy atom. The number of imide groups is 1. The predicted octanol–water partition coefficient (Wildman–Crippen LogP) is 1.51. The number of ether oxygens (including phenoxy) is 3. The van der Waals surface area contributed by atoms with Crippen molar-refractivity contribution in [2.24, 2.45) is 11.8 Å². The molecule has 30 heavy (non-hydrogen) atoms. The van der Waals surface area contributed by atoms with Crippen LogP contribution in [0.2, 0.25) is 0 Å². The topological polar surface area (TPSA) is 116 Å². The Morgan fingerprint density at radius 3 is 1.87 bits per heavy atom. The standard InChI is InChI=1S/C21H21NO8/c1-28-20(26)12-9-13(21(27)29-2)11-14(10-12)30-17(23)7-8-22-18(24)15-5-3-4-6-16(15)19(22)25/h3-4,9-11,15-16H,5-8H2,1-2H3/t15-,16-/m0/s1. The van der Waals surface area contributed by atoms with Crippen molar-refractivity contribution in [3.8, 4) is 5.75 Å². The summed E-state index contributed by atoms with van der Waals surface area (Å²) in [5, 5.41) is 0. The smallest absolute Gasteiger partial charge is 0.338 e. The first-order valence-electron chi connectivity index (χ1n) is 9.38. The molecule has 2 amide bonds. The van der Waals surface area contributed by atoms with Crippen molar-refractivity contribution in [3.63, 3.8) is 0 Å². The molecule has 1 heterocycles. The molecule has 0 bridgehead atoms. The Bertz CT molecular complexity index is 875. The maximum Gasteiger partial charge on any atom is 0.338 e. The second-order valence-electron chi connectivity index (χ2n) is 6.94. The fourth-order valence-electron chi connectivity index (χ4n) is 3.60. The lowest BCUT2D eigenvalue weighted by Crippen LogP contribution is -2.33. The fraction of sp³-hybridized carbons (Fsp3) is 0.381. The van der Waals surface area contributed by atoms with E-state index < -0.39 is 17.9 Å². The summed E-state index contributed by atoms with van der Waals surface area (Å²) in [5.41, 5.74) is 0.00865. The van der Waals surface area contributed by atoms with Crippen molar-refractivity contribution in [3.05, 3.63) is 41.5 Å². The van der Waals surface area contributed by atoms with Gasteiger partial charge in [-0.3, -0.25) is 19.3 Å². The maximum atomic E-state index is 12.4. The summed E-state index contributed by atoms with van der Waals surface area (Å²) >= 11 is 0. The number of fused-ring (bicyclic) bond motifs is 1. The van der Waals surface area contributed by atoms with Gasteiger partial charge in [0.05, 0.1) is 43.6 Å². The van der Waals surface area contributed by atoms with Crippen LogP contribution in [0.15, 0.2) is 30.4 Å². The molecule has 158 valence electrons. The average Bonchev–Trinajstić information content (AvgIpc) is 3.00. The van der Waals surface area contributed by atoms with Gasteiger partial charge in [0, 0.05) is 6.54 Å². The van der Waals surface area contributed by atoms with E-state index in [4.69, 9.17) is 4.74 Å². The molecule has 0 radical (unpaired) electrons. The number of nitrogens with zero attached hydrogens (tertiary/aromatic N) is 1. The van der Waals surface area contributed by atoms with Crippen molar-refractivity contribution in [2.75, 3.05) is 20.8 Å². The van der Waals surface area contributed by atoms with E-state index in [1.54, 1.807) is 0 Å². The van der Waals surface area contributed by atoms with Gasteiger partial charge in [0.25, 0.3) is 0 Å². The number of amides is 2. The molecule has 9 nitrogen and oxygen atoms in total. The zero-order valence-electron chi connectivity index (χ0n) is 16.6. The van der Waals surface area contributed by atoms with Gasteiger partial charge in [0.2, 0.25) is 11.8 Å². The van der Waals surface area contributed by atoms with Gasteiger partial charge in [-0.15, -0.1) is 0 Å². The minimum Gasteiger partial charge on any atom is -0.465 e. The Hall–Kier alpha value is -3.49. The second-order valence-corrected chi connectivity index (χ2v) is 6.94. The minimum absolute atomic E-state index is 0.00433. The Kier molecular flexibility index (Phi) is 6.29. The molecule has 1 fully saturated rings. The number of likely N-dealkylation sites (tertiary alicyclic amines) is 1. The van der Waals surface area contributed by atoms with E-state index in [1.807, 2.05) is 12.2 Å². The number of methoxy groups -OCH3 is 2. The van der Waals surface area contributed by atoms with Gasteiger partial charge in [-0.25, -0.2) is 9.59 Å². The molecule has 0 spiro atoms. The molecule has 1 aliphatic heterocycles. The van der Waals surface area contributed by atoms with E-state index in [1.165, 1.54) is 32.4 Å². The molecular formula is C21H21NO8. The minimum atomic E-state index is -0.721. The lowest BCUT2D eigenvalue weighted by atomic mass is 9.85. The van der Waals surface area contributed by atoms with Crippen LogP contribution >= 0.6 is 0 Å². The molecule has 3 rings (SSSR count). The highest BCUT2D eigenvalue weighted by Crippen LogP contribution is 2.35. The summed E-state index contributed by atoms with van der Waals surface area (Å²) in [6.45, 7) is -0.0932. The number of esters is 3. The largest absolute Gasteiger partial charge is 0.465 e. The maximum absolute atomic E-state index is 12.4. The van der Waals surface area contributed by atoms with E-state index >= 15 is 0 Å². The van der Waals surface area contributed by atoms with Crippen LogP contribution in [0.1, 0.15) is 40.0 Å². The summed E-state index contributed by atoms with van der Waals surface area (Å²) in [6, 6.07) is 3.76. The first-order valence-corrected chi connectivity index (χ1v) is 9.38. The van der Waals surface area contributed by atoms with Crippen LogP contribution in [0.25, 0.3) is 0 Å². The van der Waals surface area contributed by atoms with Crippen LogP contribution in [0, 0.1) is 11.8 Å². The summed E-state index contributed by atoms with van der Waals surface area (Å²) < 4.78 is 14.5. The first-order chi connectivity index (χ1) is 14.3. The zero-order chi connectivity index (χ0) is 21.8. The summed E-state index contributed by atoms with van der Waals surface area (Å²) in [7, 11) is 2.35. The van der Waals surface area contributed by atoms with Crippen LogP contribution in [0.4, 0.5) is 0 Å². The summed E-state index contributed by atoms with van der Waals surface area (Å²) in [6.07, 6.45) is 4.59. The van der Waals surface area contributed by atoms with Crippen molar-refractivity contribution in [1.82, 2.24) is 4.90 Å². The quantitative estimate of drug-likeness (QED) is 0.297.